The van der Waals surface area contributed by atoms with Gasteiger partial charge < -0.3 is 4.90 Å². The molecular formula is C25H26N2O2S. The smallest absolute Gasteiger partial charge is 0.254 e. The number of fused-ring (bicyclic) bond motifs is 1. The Morgan fingerprint density at radius 3 is 2.33 bits per heavy atom. The lowest BCUT2D eigenvalue weighted by atomic mass is 9.99. The summed E-state index contributed by atoms with van der Waals surface area (Å²) in [7, 11) is 0.603. The van der Waals surface area contributed by atoms with Crippen LogP contribution in [-0.2, 0) is 24.0 Å². The van der Waals surface area contributed by atoms with Gasteiger partial charge in [0, 0.05) is 31.7 Å². The lowest BCUT2D eigenvalue weighted by molar-refractivity contribution is 0.0734. The van der Waals surface area contributed by atoms with E-state index >= 15 is 0 Å². The number of rotatable bonds is 5. The SMILES string of the molecule is C[C@@H](c1ccccc1)N(C)S(=O)c1ccc2c(c1)CN(C(=O)c1ccccc1)CC2. The number of hydrogen-bond acceptors (Lipinski definition) is 2. The van der Waals surface area contributed by atoms with Crippen molar-refractivity contribution in [1.29, 1.82) is 0 Å². The monoisotopic (exact) mass is 418 g/mol. The summed E-state index contributed by atoms with van der Waals surface area (Å²) in [5.41, 5.74) is 4.15. The number of carbonyl (C=O) groups is 1. The van der Waals surface area contributed by atoms with Crippen molar-refractivity contribution in [1.82, 2.24) is 9.21 Å². The van der Waals surface area contributed by atoms with E-state index in [1.54, 1.807) is 0 Å². The number of hydrogen-bond donors (Lipinski definition) is 0. The second-order valence-electron chi connectivity index (χ2n) is 7.66. The highest BCUT2D eigenvalue weighted by Gasteiger charge is 2.24. The molecule has 3 aromatic rings. The molecule has 5 heteroatoms. The van der Waals surface area contributed by atoms with Crippen molar-refractivity contribution < 1.29 is 9.00 Å². The molecule has 2 atom stereocenters. The van der Waals surface area contributed by atoms with Crippen LogP contribution in [0.1, 0.15) is 40.0 Å². The van der Waals surface area contributed by atoms with Crippen molar-refractivity contribution in [3.05, 3.63) is 101 Å². The molecule has 1 heterocycles. The molecule has 0 N–H and O–H groups in total. The molecule has 0 radical (unpaired) electrons. The summed E-state index contributed by atoms with van der Waals surface area (Å²) in [4.78, 5) is 15.5. The molecule has 1 aliphatic heterocycles. The second kappa shape index (κ2) is 8.94. The molecule has 0 spiro atoms. The molecule has 0 aliphatic carbocycles. The van der Waals surface area contributed by atoms with E-state index in [-0.39, 0.29) is 11.9 Å². The lowest BCUT2D eigenvalue weighted by Crippen LogP contribution is -2.36. The van der Waals surface area contributed by atoms with Crippen LogP contribution in [-0.4, -0.2) is 32.9 Å². The Balaban J connectivity index is 1.52. The maximum atomic E-state index is 13.2. The molecule has 3 aromatic carbocycles. The molecule has 1 amide bonds. The van der Waals surface area contributed by atoms with Crippen molar-refractivity contribution >= 4 is 16.9 Å². The first-order valence-corrected chi connectivity index (χ1v) is 11.3. The Morgan fingerprint density at radius 2 is 1.63 bits per heavy atom. The predicted molar refractivity (Wildman–Crippen MR) is 120 cm³/mol. The van der Waals surface area contributed by atoms with Crippen molar-refractivity contribution in [2.45, 2.75) is 30.8 Å². The van der Waals surface area contributed by atoms with Crippen LogP contribution in [0.2, 0.25) is 0 Å². The Bertz CT molecular complexity index is 1050. The third-order valence-electron chi connectivity index (χ3n) is 5.79. The van der Waals surface area contributed by atoms with E-state index in [1.807, 2.05) is 76.9 Å². The highest BCUT2D eigenvalue weighted by molar-refractivity contribution is 7.82. The summed E-state index contributed by atoms with van der Waals surface area (Å²) in [6, 6.07) is 25.5. The van der Waals surface area contributed by atoms with Crippen LogP contribution in [0.4, 0.5) is 0 Å². The standard InChI is InChI=1S/C25H26N2O2S/c1-19(20-9-5-3-6-10-20)26(2)30(29)24-14-13-21-15-16-27(18-23(21)17-24)25(28)22-11-7-4-8-12-22/h3-14,17,19H,15-16,18H2,1-2H3/t19-,30?/m0/s1. The minimum atomic E-state index is -1.28. The zero-order valence-corrected chi connectivity index (χ0v) is 18.1. The quantitative estimate of drug-likeness (QED) is 0.608. The predicted octanol–water partition coefficient (Wildman–Crippen LogP) is 4.60. The largest absolute Gasteiger partial charge is 0.334 e. The fourth-order valence-electron chi connectivity index (χ4n) is 3.83. The van der Waals surface area contributed by atoms with Gasteiger partial charge in [0.1, 0.15) is 11.0 Å². The van der Waals surface area contributed by atoms with E-state index in [0.717, 1.165) is 22.4 Å². The summed E-state index contributed by atoms with van der Waals surface area (Å²) in [5, 5.41) is 0. The van der Waals surface area contributed by atoms with E-state index in [1.165, 1.54) is 5.56 Å². The molecule has 0 saturated heterocycles. The van der Waals surface area contributed by atoms with Gasteiger partial charge in [-0.25, -0.2) is 8.51 Å². The van der Waals surface area contributed by atoms with Crippen LogP contribution in [0.5, 0.6) is 0 Å². The summed E-state index contributed by atoms with van der Waals surface area (Å²) < 4.78 is 15.1. The molecule has 0 bridgehead atoms. The highest BCUT2D eigenvalue weighted by atomic mass is 32.2. The van der Waals surface area contributed by atoms with Gasteiger partial charge in [0.05, 0.1) is 4.90 Å². The third kappa shape index (κ3) is 4.23. The Hall–Kier alpha value is -2.76. The topological polar surface area (TPSA) is 40.6 Å². The maximum absolute atomic E-state index is 13.2. The Labute approximate surface area is 180 Å². The average Bonchev–Trinajstić information content (AvgIpc) is 2.82. The lowest BCUT2D eigenvalue weighted by Gasteiger charge is -2.30. The van der Waals surface area contributed by atoms with E-state index < -0.39 is 11.0 Å². The fraction of sp³-hybridized carbons (Fsp3) is 0.240. The van der Waals surface area contributed by atoms with E-state index in [9.17, 15) is 9.00 Å². The van der Waals surface area contributed by atoms with Gasteiger partial charge in [0.15, 0.2) is 0 Å². The first kappa shape index (κ1) is 20.5. The third-order valence-corrected chi connectivity index (χ3v) is 7.29. The Morgan fingerprint density at radius 1 is 0.967 bits per heavy atom. The van der Waals surface area contributed by atoms with Gasteiger partial charge >= 0.3 is 0 Å². The van der Waals surface area contributed by atoms with Gasteiger partial charge in [-0.1, -0.05) is 54.6 Å². The number of benzene rings is 3. The normalized spacial score (nSPS) is 15.5. The van der Waals surface area contributed by atoms with Crippen LogP contribution in [0.15, 0.2) is 83.8 Å². The molecule has 154 valence electrons. The fourth-order valence-corrected chi connectivity index (χ4v) is 5.00. The minimum Gasteiger partial charge on any atom is -0.334 e. The van der Waals surface area contributed by atoms with Crippen LogP contribution in [0, 0.1) is 0 Å². The summed E-state index contributed by atoms with van der Waals surface area (Å²) in [5.74, 6) is 0.0441. The second-order valence-corrected chi connectivity index (χ2v) is 9.20. The Kier molecular flexibility index (Phi) is 6.11. The van der Waals surface area contributed by atoms with Gasteiger partial charge in [0.25, 0.3) is 5.91 Å². The number of carbonyl (C=O) groups excluding carboxylic acids is 1. The molecular weight excluding hydrogens is 392 g/mol. The van der Waals surface area contributed by atoms with Crippen LogP contribution >= 0.6 is 0 Å². The number of amides is 1. The summed E-state index contributed by atoms with van der Waals surface area (Å²) in [6.45, 7) is 3.31. The highest BCUT2D eigenvalue weighted by Crippen LogP contribution is 2.27. The zero-order chi connectivity index (χ0) is 21.1. The van der Waals surface area contributed by atoms with E-state index in [0.29, 0.717) is 18.7 Å². The molecule has 30 heavy (non-hydrogen) atoms. The average molecular weight is 419 g/mol. The summed E-state index contributed by atoms with van der Waals surface area (Å²) >= 11 is 0. The van der Waals surface area contributed by atoms with E-state index in [4.69, 9.17) is 0 Å². The molecule has 0 saturated carbocycles. The van der Waals surface area contributed by atoms with Gasteiger partial charge in [-0.05, 0) is 54.3 Å². The zero-order valence-electron chi connectivity index (χ0n) is 17.3. The van der Waals surface area contributed by atoms with Crippen LogP contribution < -0.4 is 0 Å². The minimum absolute atomic E-state index is 0.0271. The molecule has 4 rings (SSSR count). The molecule has 1 unspecified atom stereocenters. The van der Waals surface area contributed by atoms with E-state index in [2.05, 4.69) is 25.1 Å². The van der Waals surface area contributed by atoms with Crippen molar-refractivity contribution in [3.63, 3.8) is 0 Å². The first-order valence-electron chi connectivity index (χ1n) is 10.2. The first-order chi connectivity index (χ1) is 14.5. The van der Waals surface area contributed by atoms with Crippen LogP contribution in [0.3, 0.4) is 0 Å². The summed E-state index contributed by atoms with van der Waals surface area (Å²) in [6.07, 6.45) is 0.817. The molecule has 4 nitrogen and oxygen atoms in total. The van der Waals surface area contributed by atoms with Crippen LogP contribution in [0.25, 0.3) is 0 Å². The molecule has 1 aliphatic rings. The molecule has 0 aromatic heterocycles. The van der Waals surface area contributed by atoms with Gasteiger partial charge in [-0.2, -0.15) is 0 Å². The van der Waals surface area contributed by atoms with Crippen molar-refractivity contribution in [2.24, 2.45) is 0 Å². The van der Waals surface area contributed by atoms with Gasteiger partial charge in [-0.3, -0.25) is 4.79 Å². The van der Waals surface area contributed by atoms with Crippen molar-refractivity contribution in [2.75, 3.05) is 13.6 Å². The van der Waals surface area contributed by atoms with Crippen molar-refractivity contribution in [3.8, 4) is 0 Å². The van der Waals surface area contributed by atoms with Gasteiger partial charge in [0.2, 0.25) is 0 Å². The maximum Gasteiger partial charge on any atom is 0.254 e. The molecule has 0 fully saturated rings. The van der Waals surface area contributed by atoms with Gasteiger partial charge in [-0.15, -0.1) is 0 Å². The number of nitrogens with zero attached hydrogens (tertiary/aromatic N) is 2.